The number of carboxylic acids is 1. The van der Waals surface area contributed by atoms with Gasteiger partial charge in [-0.3, -0.25) is 9.59 Å². The van der Waals surface area contributed by atoms with Gasteiger partial charge in [0.25, 0.3) is 5.91 Å². The molecular formula is C31H32Cl2N4O5. The molecule has 0 saturated heterocycles. The van der Waals surface area contributed by atoms with E-state index in [1.54, 1.807) is 54.6 Å². The van der Waals surface area contributed by atoms with Crippen molar-refractivity contribution in [2.24, 2.45) is 5.41 Å². The van der Waals surface area contributed by atoms with Crippen LogP contribution in [0.15, 0.2) is 72.8 Å². The smallest absolute Gasteiger partial charge is 0.326 e. The highest BCUT2D eigenvalue weighted by Crippen LogP contribution is 2.41. The summed E-state index contributed by atoms with van der Waals surface area (Å²) in [6.07, 6.45) is 3.41. The summed E-state index contributed by atoms with van der Waals surface area (Å²) in [6.45, 7) is 0.274. The van der Waals surface area contributed by atoms with Crippen LogP contribution in [0.1, 0.15) is 48.0 Å². The lowest BCUT2D eigenvalue weighted by Gasteiger charge is -2.29. The first-order valence-electron chi connectivity index (χ1n) is 13.6. The molecule has 0 heterocycles. The van der Waals surface area contributed by atoms with Gasteiger partial charge in [-0.1, -0.05) is 72.4 Å². The average molecular weight is 612 g/mol. The van der Waals surface area contributed by atoms with Crippen LogP contribution < -0.4 is 21.3 Å². The van der Waals surface area contributed by atoms with Crippen molar-refractivity contribution in [1.29, 1.82) is 0 Å². The summed E-state index contributed by atoms with van der Waals surface area (Å²) in [5.74, 6) is -1.94. The Morgan fingerprint density at radius 2 is 1.43 bits per heavy atom. The van der Waals surface area contributed by atoms with Gasteiger partial charge in [0, 0.05) is 24.3 Å². The number of benzene rings is 3. The van der Waals surface area contributed by atoms with E-state index in [4.69, 9.17) is 23.2 Å². The van der Waals surface area contributed by atoms with E-state index in [0.717, 1.165) is 12.8 Å². The number of hydrogen-bond acceptors (Lipinski definition) is 4. The molecule has 1 fully saturated rings. The van der Waals surface area contributed by atoms with E-state index >= 15 is 0 Å². The Bertz CT molecular complexity index is 1410. The molecule has 1 atom stereocenters. The second kappa shape index (κ2) is 14.2. The number of carbonyl (C=O) groups excluding carboxylic acids is 3. The van der Waals surface area contributed by atoms with E-state index in [9.17, 15) is 24.3 Å². The SMILES string of the molecule is O=C(NCCC1(C(=O)N[C@@H](Cc2ccc(NC(=O)c3c(Cl)cccc3Cl)cc2)C(=O)O)CCCC1)Nc1ccccc1. The number of rotatable bonds is 11. The number of hydrogen-bond donors (Lipinski definition) is 5. The third-order valence-corrected chi connectivity index (χ3v) is 8.04. The van der Waals surface area contributed by atoms with Crippen LogP contribution >= 0.6 is 23.2 Å². The van der Waals surface area contributed by atoms with Crippen molar-refractivity contribution in [3.8, 4) is 0 Å². The minimum absolute atomic E-state index is 0.0550. The molecule has 0 aromatic heterocycles. The molecule has 3 aromatic rings. The third kappa shape index (κ3) is 8.02. The highest BCUT2D eigenvalue weighted by Gasteiger charge is 2.42. The number of halogens is 2. The first-order valence-corrected chi connectivity index (χ1v) is 14.4. The lowest BCUT2D eigenvalue weighted by Crippen LogP contribution is -2.49. The van der Waals surface area contributed by atoms with Crippen LogP contribution in [0, 0.1) is 5.41 Å². The van der Waals surface area contributed by atoms with Gasteiger partial charge in [0.05, 0.1) is 21.0 Å². The number of aliphatic carboxylic acids is 1. The average Bonchev–Trinajstić information content (AvgIpc) is 3.44. The molecule has 1 aliphatic rings. The minimum Gasteiger partial charge on any atom is -0.480 e. The summed E-state index contributed by atoms with van der Waals surface area (Å²) in [5.41, 5.74) is 1.21. The van der Waals surface area contributed by atoms with Gasteiger partial charge in [-0.05, 0) is 61.2 Å². The van der Waals surface area contributed by atoms with Crippen LogP contribution in [-0.2, 0) is 16.0 Å². The van der Waals surface area contributed by atoms with Crippen molar-refractivity contribution in [3.05, 3.63) is 94.0 Å². The number of carboxylic acid groups (broad SMARTS) is 1. The lowest BCUT2D eigenvalue weighted by atomic mass is 9.81. The van der Waals surface area contributed by atoms with Gasteiger partial charge in [-0.25, -0.2) is 9.59 Å². The van der Waals surface area contributed by atoms with Gasteiger partial charge in [0.2, 0.25) is 5.91 Å². The van der Waals surface area contributed by atoms with Gasteiger partial charge in [0.1, 0.15) is 6.04 Å². The number of urea groups is 1. The minimum atomic E-state index is -1.15. The Morgan fingerprint density at radius 1 is 0.810 bits per heavy atom. The van der Waals surface area contributed by atoms with Crippen LogP contribution in [0.3, 0.4) is 0 Å². The first kappa shape index (κ1) is 30.9. The van der Waals surface area contributed by atoms with Gasteiger partial charge < -0.3 is 26.4 Å². The van der Waals surface area contributed by atoms with Crippen molar-refractivity contribution >= 4 is 58.4 Å². The molecule has 0 unspecified atom stereocenters. The Balaban J connectivity index is 1.34. The summed E-state index contributed by atoms with van der Waals surface area (Å²) >= 11 is 12.2. The fourth-order valence-electron chi connectivity index (χ4n) is 5.13. The monoisotopic (exact) mass is 610 g/mol. The zero-order valence-electron chi connectivity index (χ0n) is 22.8. The van der Waals surface area contributed by atoms with Gasteiger partial charge in [0.15, 0.2) is 0 Å². The summed E-state index contributed by atoms with van der Waals surface area (Å²) < 4.78 is 0. The summed E-state index contributed by atoms with van der Waals surface area (Å²) in [6, 6.07) is 19.0. The standard InChI is InChI=1S/C31H32Cl2N4O5/c32-23-9-6-10-24(33)26(23)27(38)35-22-13-11-20(12-14-22)19-25(28(39)40)37-29(41)31(15-4-5-16-31)17-18-34-30(42)36-21-7-2-1-3-8-21/h1-3,6-14,25H,4-5,15-19H2,(H,35,38)(H,37,41)(H,39,40)(H2,34,36,42)/t25-/m0/s1. The molecule has 9 nitrogen and oxygen atoms in total. The number of nitrogens with one attached hydrogen (secondary N) is 4. The van der Waals surface area contributed by atoms with E-state index < -0.39 is 23.3 Å². The fraction of sp³-hybridized carbons (Fsp3) is 0.290. The first-order chi connectivity index (χ1) is 20.2. The highest BCUT2D eigenvalue weighted by atomic mass is 35.5. The molecule has 1 saturated carbocycles. The molecule has 220 valence electrons. The van der Waals surface area contributed by atoms with Gasteiger partial charge >= 0.3 is 12.0 Å². The summed E-state index contributed by atoms with van der Waals surface area (Å²) in [4.78, 5) is 50.5. The van der Waals surface area contributed by atoms with E-state index in [-0.39, 0.29) is 40.5 Å². The maximum Gasteiger partial charge on any atom is 0.326 e. The molecule has 0 aliphatic heterocycles. The van der Waals surface area contributed by atoms with Crippen LogP contribution in [0.2, 0.25) is 10.0 Å². The van der Waals surface area contributed by atoms with Crippen LogP contribution in [0.5, 0.6) is 0 Å². The number of carbonyl (C=O) groups is 4. The Hall–Kier alpha value is -4.08. The summed E-state index contributed by atoms with van der Waals surface area (Å²) in [7, 11) is 0. The molecule has 4 rings (SSSR count). The Kier molecular flexibility index (Phi) is 10.4. The summed E-state index contributed by atoms with van der Waals surface area (Å²) in [5, 5.41) is 21.4. The number of para-hydroxylation sites is 1. The predicted octanol–water partition coefficient (Wildman–Crippen LogP) is 6.13. The lowest BCUT2D eigenvalue weighted by molar-refractivity contribution is -0.144. The quantitative estimate of drug-likeness (QED) is 0.178. The van der Waals surface area contributed by atoms with Crippen molar-refractivity contribution in [2.45, 2.75) is 44.6 Å². The fourth-order valence-corrected chi connectivity index (χ4v) is 5.70. The molecular weight excluding hydrogens is 579 g/mol. The second-order valence-corrected chi connectivity index (χ2v) is 11.1. The van der Waals surface area contributed by atoms with Crippen LogP contribution in [0.4, 0.5) is 16.2 Å². The molecule has 0 radical (unpaired) electrons. The molecule has 42 heavy (non-hydrogen) atoms. The van der Waals surface area contributed by atoms with Crippen LogP contribution in [-0.4, -0.2) is 41.5 Å². The van der Waals surface area contributed by atoms with Crippen molar-refractivity contribution in [2.75, 3.05) is 17.2 Å². The zero-order chi connectivity index (χ0) is 30.1. The number of anilines is 2. The van der Waals surface area contributed by atoms with Crippen molar-refractivity contribution in [1.82, 2.24) is 10.6 Å². The molecule has 3 aromatic carbocycles. The zero-order valence-corrected chi connectivity index (χ0v) is 24.3. The van der Waals surface area contributed by atoms with E-state index in [1.807, 2.05) is 18.2 Å². The number of amides is 4. The third-order valence-electron chi connectivity index (χ3n) is 7.41. The normalized spacial score (nSPS) is 14.4. The highest BCUT2D eigenvalue weighted by molar-refractivity contribution is 6.40. The Morgan fingerprint density at radius 3 is 2.05 bits per heavy atom. The molecule has 0 bridgehead atoms. The molecule has 4 amide bonds. The largest absolute Gasteiger partial charge is 0.480 e. The molecule has 0 spiro atoms. The van der Waals surface area contributed by atoms with Crippen molar-refractivity contribution < 1.29 is 24.3 Å². The van der Waals surface area contributed by atoms with E-state index in [0.29, 0.717) is 36.2 Å². The predicted molar refractivity (Wildman–Crippen MR) is 163 cm³/mol. The van der Waals surface area contributed by atoms with E-state index in [1.165, 1.54) is 0 Å². The van der Waals surface area contributed by atoms with Crippen molar-refractivity contribution in [3.63, 3.8) is 0 Å². The van der Waals surface area contributed by atoms with Gasteiger partial charge in [-0.15, -0.1) is 0 Å². The maximum atomic E-state index is 13.4. The van der Waals surface area contributed by atoms with Crippen LogP contribution in [0.25, 0.3) is 0 Å². The second-order valence-electron chi connectivity index (χ2n) is 10.3. The molecule has 11 heteroatoms. The van der Waals surface area contributed by atoms with E-state index in [2.05, 4.69) is 21.3 Å². The topological polar surface area (TPSA) is 137 Å². The molecule has 1 aliphatic carbocycles. The van der Waals surface area contributed by atoms with Gasteiger partial charge in [-0.2, -0.15) is 0 Å². The molecule has 5 N–H and O–H groups in total. The Labute approximate surface area is 254 Å². The maximum absolute atomic E-state index is 13.4.